The molecule has 2 aliphatic rings. The molecule has 0 aromatic heterocycles. The summed E-state index contributed by atoms with van der Waals surface area (Å²) in [5.41, 5.74) is 0. The SMILES string of the molecule is CC(NCC(=O)N(C)C)C1CC2CCC1C2. The lowest BCUT2D eigenvalue weighted by Gasteiger charge is -2.28. The van der Waals surface area contributed by atoms with E-state index >= 15 is 0 Å². The molecule has 2 rings (SSSR count). The minimum absolute atomic E-state index is 0.176. The van der Waals surface area contributed by atoms with E-state index in [1.807, 2.05) is 14.1 Å². The summed E-state index contributed by atoms with van der Waals surface area (Å²) in [7, 11) is 3.62. The quantitative estimate of drug-likeness (QED) is 0.784. The first-order valence-electron chi connectivity index (χ1n) is 6.51. The summed E-state index contributed by atoms with van der Waals surface area (Å²) in [4.78, 5) is 13.1. The number of amides is 1. The molecule has 2 aliphatic carbocycles. The number of hydrogen-bond donors (Lipinski definition) is 1. The van der Waals surface area contributed by atoms with Crippen LogP contribution in [0.5, 0.6) is 0 Å². The molecule has 4 atom stereocenters. The Morgan fingerprint density at radius 3 is 2.62 bits per heavy atom. The first-order chi connectivity index (χ1) is 7.58. The maximum Gasteiger partial charge on any atom is 0.236 e. The van der Waals surface area contributed by atoms with Gasteiger partial charge in [0.25, 0.3) is 0 Å². The molecule has 0 radical (unpaired) electrons. The van der Waals surface area contributed by atoms with Gasteiger partial charge in [0, 0.05) is 20.1 Å². The van der Waals surface area contributed by atoms with E-state index in [9.17, 15) is 4.79 Å². The van der Waals surface area contributed by atoms with Crippen LogP contribution in [0.2, 0.25) is 0 Å². The van der Waals surface area contributed by atoms with Crippen LogP contribution in [-0.2, 0) is 4.79 Å². The molecule has 0 saturated heterocycles. The van der Waals surface area contributed by atoms with Gasteiger partial charge in [0.2, 0.25) is 5.91 Å². The van der Waals surface area contributed by atoms with Gasteiger partial charge in [0.1, 0.15) is 0 Å². The topological polar surface area (TPSA) is 32.3 Å². The highest BCUT2D eigenvalue weighted by atomic mass is 16.2. The predicted octanol–water partition coefficient (Wildman–Crippen LogP) is 1.49. The van der Waals surface area contributed by atoms with Crippen molar-refractivity contribution in [2.75, 3.05) is 20.6 Å². The third-order valence-electron chi connectivity index (χ3n) is 4.51. The van der Waals surface area contributed by atoms with Crippen molar-refractivity contribution in [2.45, 2.75) is 38.6 Å². The second kappa shape index (κ2) is 4.74. The van der Waals surface area contributed by atoms with Crippen molar-refractivity contribution < 1.29 is 4.79 Å². The number of carbonyl (C=O) groups is 1. The van der Waals surface area contributed by atoms with Crippen LogP contribution >= 0.6 is 0 Å². The van der Waals surface area contributed by atoms with Crippen LogP contribution in [0.3, 0.4) is 0 Å². The largest absolute Gasteiger partial charge is 0.348 e. The van der Waals surface area contributed by atoms with Gasteiger partial charge < -0.3 is 10.2 Å². The molecule has 0 aliphatic heterocycles. The average molecular weight is 224 g/mol. The van der Waals surface area contributed by atoms with Crippen LogP contribution in [-0.4, -0.2) is 37.5 Å². The fourth-order valence-electron chi connectivity index (χ4n) is 3.46. The third kappa shape index (κ3) is 2.40. The van der Waals surface area contributed by atoms with Crippen LogP contribution in [0.4, 0.5) is 0 Å². The Hall–Kier alpha value is -0.570. The Kier molecular flexibility index (Phi) is 3.53. The molecular weight excluding hydrogens is 200 g/mol. The number of nitrogens with one attached hydrogen (secondary N) is 1. The normalized spacial score (nSPS) is 34.1. The molecule has 0 heterocycles. The minimum Gasteiger partial charge on any atom is -0.348 e. The van der Waals surface area contributed by atoms with E-state index in [0.29, 0.717) is 12.6 Å². The zero-order chi connectivity index (χ0) is 11.7. The number of rotatable bonds is 4. The zero-order valence-electron chi connectivity index (χ0n) is 10.7. The molecule has 2 fully saturated rings. The van der Waals surface area contributed by atoms with E-state index in [0.717, 1.165) is 17.8 Å². The van der Waals surface area contributed by atoms with Crippen molar-refractivity contribution in [1.82, 2.24) is 10.2 Å². The van der Waals surface area contributed by atoms with Crippen LogP contribution in [0, 0.1) is 17.8 Å². The molecule has 16 heavy (non-hydrogen) atoms. The van der Waals surface area contributed by atoms with Crippen LogP contribution in [0.1, 0.15) is 32.6 Å². The molecular formula is C13H24N2O. The maximum absolute atomic E-state index is 11.5. The summed E-state index contributed by atoms with van der Waals surface area (Å²) in [5.74, 6) is 2.91. The molecule has 3 heteroatoms. The highest BCUT2D eigenvalue weighted by Gasteiger charge is 2.41. The van der Waals surface area contributed by atoms with E-state index in [2.05, 4.69) is 12.2 Å². The Labute approximate surface area is 98.6 Å². The van der Waals surface area contributed by atoms with Crippen molar-refractivity contribution in [1.29, 1.82) is 0 Å². The van der Waals surface area contributed by atoms with Gasteiger partial charge in [-0.15, -0.1) is 0 Å². The van der Waals surface area contributed by atoms with E-state index < -0.39 is 0 Å². The molecule has 2 saturated carbocycles. The summed E-state index contributed by atoms with van der Waals surface area (Å²) in [6, 6.07) is 0.499. The minimum atomic E-state index is 0.176. The number of fused-ring (bicyclic) bond motifs is 2. The van der Waals surface area contributed by atoms with E-state index in [1.165, 1.54) is 25.7 Å². The molecule has 4 unspecified atom stereocenters. The van der Waals surface area contributed by atoms with Gasteiger partial charge in [-0.1, -0.05) is 6.42 Å². The molecule has 2 bridgehead atoms. The van der Waals surface area contributed by atoms with Gasteiger partial charge >= 0.3 is 0 Å². The van der Waals surface area contributed by atoms with Crippen molar-refractivity contribution in [3.05, 3.63) is 0 Å². The lowest BCUT2D eigenvalue weighted by atomic mass is 9.84. The van der Waals surface area contributed by atoms with Gasteiger partial charge in [0.05, 0.1) is 6.54 Å². The molecule has 92 valence electrons. The molecule has 0 aromatic carbocycles. The third-order valence-corrected chi connectivity index (χ3v) is 4.51. The molecule has 1 N–H and O–H groups in total. The average Bonchev–Trinajstić information content (AvgIpc) is 2.86. The smallest absolute Gasteiger partial charge is 0.236 e. The van der Waals surface area contributed by atoms with Crippen molar-refractivity contribution in [3.63, 3.8) is 0 Å². The predicted molar refractivity (Wildman–Crippen MR) is 65.1 cm³/mol. The summed E-state index contributed by atoms with van der Waals surface area (Å²) < 4.78 is 0. The lowest BCUT2D eigenvalue weighted by Crippen LogP contribution is -2.42. The van der Waals surface area contributed by atoms with Crippen LogP contribution in [0.15, 0.2) is 0 Å². The molecule has 3 nitrogen and oxygen atoms in total. The first kappa shape index (κ1) is 11.9. The van der Waals surface area contributed by atoms with Gasteiger partial charge in [-0.25, -0.2) is 0 Å². The van der Waals surface area contributed by atoms with Crippen LogP contribution < -0.4 is 5.32 Å². The standard InChI is InChI=1S/C13H24N2O/c1-9(14-8-13(16)15(2)3)12-7-10-4-5-11(12)6-10/h9-12,14H,4-8H2,1-3H3. The van der Waals surface area contributed by atoms with E-state index in [-0.39, 0.29) is 5.91 Å². The second-order valence-electron chi connectivity index (χ2n) is 5.80. The van der Waals surface area contributed by atoms with Gasteiger partial charge in [0.15, 0.2) is 0 Å². The fraction of sp³-hybridized carbons (Fsp3) is 0.923. The summed E-state index contributed by atoms with van der Waals surface area (Å²) in [5, 5.41) is 3.40. The van der Waals surface area contributed by atoms with E-state index in [4.69, 9.17) is 0 Å². The Balaban J connectivity index is 1.76. The highest BCUT2D eigenvalue weighted by molar-refractivity contribution is 5.77. The molecule has 1 amide bonds. The van der Waals surface area contributed by atoms with Crippen molar-refractivity contribution >= 4 is 5.91 Å². The maximum atomic E-state index is 11.5. The number of nitrogens with zero attached hydrogens (tertiary/aromatic N) is 1. The summed E-state index contributed by atoms with van der Waals surface area (Å²) >= 11 is 0. The molecule has 0 aromatic rings. The first-order valence-corrected chi connectivity index (χ1v) is 6.51. The Morgan fingerprint density at radius 1 is 1.38 bits per heavy atom. The van der Waals surface area contributed by atoms with Crippen molar-refractivity contribution in [2.24, 2.45) is 17.8 Å². The highest BCUT2D eigenvalue weighted by Crippen LogP contribution is 2.49. The van der Waals surface area contributed by atoms with Gasteiger partial charge in [-0.3, -0.25) is 4.79 Å². The lowest BCUT2D eigenvalue weighted by molar-refractivity contribution is -0.127. The second-order valence-corrected chi connectivity index (χ2v) is 5.80. The summed E-state index contributed by atoms with van der Waals surface area (Å²) in [6.45, 7) is 2.73. The Morgan fingerprint density at radius 2 is 2.12 bits per heavy atom. The zero-order valence-corrected chi connectivity index (χ0v) is 10.7. The fourth-order valence-corrected chi connectivity index (χ4v) is 3.46. The Bertz CT molecular complexity index is 265. The monoisotopic (exact) mass is 224 g/mol. The van der Waals surface area contributed by atoms with E-state index in [1.54, 1.807) is 4.90 Å². The number of hydrogen-bond acceptors (Lipinski definition) is 2. The van der Waals surface area contributed by atoms with Gasteiger partial charge in [-0.05, 0) is 43.9 Å². The number of likely N-dealkylation sites (N-methyl/N-ethyl adjacent to an activating group) is 1. The van der Waals surface area contributed by atoms with Crippen molar-refractivity contribution in [3.8, 4) is 0 Å². The van der Waals surface area contributed by atoms with Gasteiger partial charge in [-0.2, -0.15) is 0 Å². The molecule has 0 spiro atoms. The summed E-state index contributed by atoms with van der Waals surface area (Å²) in [6.07, 6.45) is 5.70. The van der Waals surface area contributed by atoms with Crippen LogP contribution in [0.25, 0.3) is 0 Å². The number of carbonyl (C=O) groups excluding carboxylic acids is 1.